The minimum Gasteiger partial charge on any atom is -0.466 e. The number of amides is 1. The summed E-state index contributed by atoms with van der Waals surface area (Å²) in [6.07, 6.45) is 5.66. The molecule has 8 heteroatoms. The van der Waals surface area contributed by atoms with Crippen molar-refractivity contribution in [3.8, 4) is 22.6 Å². The molecule has 1 aromatic carbocycles. The third-order valence-electron chi connectivity index (χ3n) is 7.37. The number of allylic oxidation sites excluding steroid dienone is 3. The van der Waals surface area contributed by atoms with Gasteiger partial charge in [-0.15, -0.1) is 11.5 Å². The number of aryl methyl sites for hydroxylation is 2. The molecule has 0 radical (unpaired) electrons. The van der Waals surface area contributed by atoms with E-state index in [0.29, 0.717) is 17.7 Å². The Balaban J connectivity index is 2.12. The summed E-state index contributed by atoms with van der Waals surface area (Å²) in [5, 5.41) is 3.13. The Bertz CT molecular complexity index is 1470. The maximum Gasteiger partial charge on any atom is 0.308 e. The van der Waals surface area contributed by atoms with Gasteiger partial charge in [0, 0.05) is 17.6 Å². The van der Waals surface area contributed by atoms with Gasteiger partial charge >= 0.3 is 5.97 Å². The van der Waals surface area contributed by atoms with Gasteiger partial charge in [-0.05, 0) is 80.0 Å². The molecule has 1 aromatic heterocycles. The number of carbonyl (C=O) groups is 3. The highest BCUT2D eigenvalue weighted by molar-refractivity contribution is 6.98. The van der Waals surface area contributed by atoms with Crippen molar-refractivity contribution in [2.24, 2.45) is 5.92 Å². The molecular weight excluding hydrogens is 551 g/mol. The molecule has 1 aliphatic rings. The number of nitrogens with one attached hydrogen (secondary N) is 1. The van der Waals surface area contributed by atoms with Gasteiger partial charge in [-0.3, -0.25) is 9.59 Å². The van der Waals surface area contributed by atoms with Crippen molar-refractivity contribution in [2.75, 3.05) is 6.61 Å². The molecule has 1 N–H and O–H groups in total. The Kier molecular flexibility index (Phi) is 11.5. The summed E-state index contributed by atoms with van der Waals surface area (Å²) < 4.78 is 5.30. The van der Waals surface area contributed by atoms with Crippen LogP contribution in [0, 0.1) is 31.2 Å². The highest BCUT2D eigenvalue weighted by Crippen LogP contribution is 2.33. The molecule has 0 spiro atoms. The van der Waals surface area contributed by atoms with Gasteiger partial charge < -0.3 is 14.8 Å². The average Bonchev–Trinajstić information content (AvgIpc) is 2.90. The van der Waals surface area contributed by atoms with Crippen molar-refractivity contribution < 1.29 is 19.1 Å². The standard InChI is InChI=1S/C35H45BN2O4Si/c1-10-42-33(40)21-31(38-35(41)29(18-23(2)3)36-16-14-24(4)19-32(36)39)27-20-28(34-25(5)12-11-13-26(34)6)30(37-22-27)15-17-43(7,8)9/h11-14,16,19-20,22-23,29,31H,10,18,21H2,1-9H3,(H,38,41)/t29-,31?/m0/s1. The van der Waals surface area contributed by atoms with Gasteiger partial charge in [-0.1, -0.05) is 63.7 Å². The lowest BCUT2D eigenvalue weighted by atomic mass is 9.36. The first-order valence-corrected chi connectivity index (χ1v) is 18.7. The van der Waals surface area contributed by atoms with Crippen LogP contribution in [0.3, 0.4) is 0 Å². The zero-order valence-electron chi connectivity index (χ0n) is 27.1. The quantitative estimate of drug-likeness (QED) is 0.186. The lowest BCUT2D eigenvalue weighted by Crippen LogP contribution is -2.42. The Labute approximate surface area is 258 Å². The van der Waals surface area contributed by atoms with Gasteiger partial charge in [-0.2, -0.15) is 0 Å². The number of ether oxygens (including phenoxy) is 1. The van der Waals surface area contributed by atoms with Crippen molar-refractivity contribution >= 4 is 32.3 Å². The van der Waals surface area contributed by atoms with Gasteiger partial charge in [0.1, 0.15) is 19.5 Å². The fraction of sp³-hybridized carbons (Fsp3) is 0.429. The van der Waals surface area contributed by atoms with E-state index in [1.54, 1.807) is 19.2 Å². The molecule has 2 heterocycles. The highest BCUT2D eigenvalue weighted by atomic mass is 28.3. The highest BCUT2D eigenvalue weighted by Gasteiger charge is 2.37. The molecule has 0 fully saturated rings. The van der Waals surface area contributed by atoms with Crippen LogP contribution in [0.25, 0.3) is 11.1 Å². The van der Waals surface area contributed by atoms with Crippen LogP contribution in [0.15, 0.2) is 54.2 Å². The molecule has 1 unspecified atom stereocenters. The van der Waals surface area contributed by atoms with E-state index in [-0.39, 0.29) is 30.5 Å². The molecule has 0 bridgehead atoms. The summed E-state index contributed by atoms with van der Waals surface area (Å²) in [4.78, 5) is 44.5. The van der Waals surface area contributed by atoms with Crippen molar-refractivity contribution in [1.82, 2.24) is 10.3 Å². The first kappa shape index (κ1) is 33.8. The summed E-state index contributed by atoms with van der Waals surface area (Å²) in [5.41, 5.74) is 9.66. The van der Waals surface area contributed by atoms with E-state index in [9.17, 15) is 14.4 Å². The van der Waals surface area contributed by atoms with Crippen molar-refractivity contribution in [1.29, 1.82) is 0 Å². The molecule has 226 valence electrons. The second kappa shape index (κ2) is 14.7. The zero-order valence-corrected chi connectivity index (χ0v) is 28.1. The predicted molar refractivity (Wildman–Crippen MR) is 178 cm³/mol. The molecule has 43 heavy (non-hydrogen) atoms. The van der Waals surface area contributed by atoms with Crippen LogP contribution in [-0.2, 0) is 19.1 Å². The number of hydrogen-bond acceptors (Lipinski definition) is 5. The van der Waals surface area contributed by atoms with E-state index in [0.717, 1.165) is 27.8 Å². The topological polar surface area (TPSA) is 85.4 Å². The predicted octanol–water partition coefficient (Wildman–Crippen LogP) is 6.78. The van der Waals surface area contributed by atoms with Crippen LogP contribution >= 0.6 is 0 Å². The van der Waals surface area contributed by atoms with Crippen LogP contribution in [0.1, 0.15) is 69.0 Å². The van der Waals surface area contributed by atoms with Gasteiger partial charge in [-0.25, -0.2) is 4.98 Å². The minimum absolute atomic E-state index is 0.0603. The van der Waals surface area contributed by atoms with Gasteiger partial charge in [0.05, 0.1) is 19.1 Å². The number of pyridine rings is 1. The first-order chi connectivity index (χ1) is 20.2. The van der Waals surface area contributed by atoms with Crippen LogP contribution in [0.4, 0.5) is 0 Å². The fourth-order valence-corrected chi connectivity index (χ4v) is 5.83. The van der Waals surface area contributed by atoms with Crippen molar-refractivity contribution in [3.05, 3.63) is 76.5 Å². The summed E-state index contributed by atoms with van der Waals surface area (Å²) in [6, 6.07) is 7.44. The van der Waals surface area contributed by atoms with Gasteiger partial charge in [0.2, 0.25) is 5.91 Å². The molecular formula is C35H45BN2O4Si. The molecule has 0 saturated heterocycles. The number of benzene rings is 1. The normalized spacial score (nSPS) is 14.5. The second-order valence-corrected chi connectivity index (χ2v) is 17.7. The number of esters is 1. The molecule has 6 nitrogen and oxygen atoms in total. The Morgan fingerprint density at radius 1 is 1.12 bits per heavy atom. The first-order valence-electron chi connectivity index (χ1n) is 15.2. The molecule has 2 atom stereocenters. The average molecular weight is 597 g/mol. The molecule has 1 amide bonds. The van der Waals surface area contributed by atoms with Crippen LogP contribution < -0.4 is 5.32 Å². The van der Waals surface area contributed by atoms with E-state index in [1.165, 1.54) is 0 Å². The molecule has 0 aliphatic carbocycles. The minimum atomic E-state index is -1.69. The van der Waals surface area contributed by atoms with Crippen LogP contribution in [0.2, 0.25) is 25.5 Å². The third kappa shape index (κ3) is 9.39. The monoisotopic (exact) mass is 596 g/mol. The summed E-state index contributed by atoms with van der Waals surface area (Å²) in [6.45, 7) is 18.1. The van der Waals surface area contributed by atoms with Gasteiger partial charge in [0.15, 0.2) is 0 Å². The molecule has 1 aliphatic heterocycles. The van der Waals surface area contributed by atoms with E-state index in [1.807, 2.05) is 45.0 Å². The van der Waals surface area contributed by atoms with Crippen LogP contribution in [-0.4, -0.2) is 43.9 Å². The van der Waals surface area contributed by atoms with E-state index >= 15 is 0 Å². The molecule has 0 saturated carbocycles. The Hall–Kier alpha value is -3.70. The van der Waals surface area contributed by atoms with E-state index in [4.69, 9.17) is 9.72 Å². The van der Waals surface area contributed by atoms with Crippen molar-refractivity contribution in [2.45, 2.75) is 85.9 Å². The zero-order chi connectivity index (χ0) is 31.9. The summed E-state index contributed by atoms with van der Waals surface area (Å²) >= 11 is 0. The maximum atomic E-state index is 14.0. The number of hydrogen-bond donors (Lipinski definition) is 1. The SMILES string of the molecule is CCOC(=O)CC(NC(=O)[C@H](CC(C)C)B1C=CC(C)=CC1=O)c1cnc(C#C[Si](C)(C)C)c(-c2c(C)cccc2C)c1. The van der Waals surface area contributed by atoms with Crippen LogP contribution in [0.5, 0.6) is 0 Å². The maximum absolute atomic E-state index is 14.0. The third-order valence-corrected chi connectivity index (χ3v) is 8.25. The lowest BCUT2D eigenvalue weighted by Gasteiger charge is -2.27. The summed E-state index contributed by atoms with van der Waals surface area (Å²) in [7, 11) is -1.69. The second-order valence-electron chi connectivity index (χ2n) is 12.9. The van der Waals surface area contributed by atoms with E-state index < -0.39 is 32.6 Å². The van der Waals surface area contributed by atoms with Crippen molar-refractivity contribution in [3.63, 3.8) is 0 Å². The summed E-state index contributed by atoms with van der Waals surface area (Å²) in [5.74, 6) is 4.09. The molecule has 2 aromatic rings. The number of carbonyl (C=O) groups excluding carboxylic acids is 3. The number of aromatic nitrogens is 1. The molecule has 3 rings (SSSR count). The Morgan fingerprint density at radius 3 is 2.37 bits per heavy atom. The Morgan fingerprint density at radius 2 is 1.79 bits per heavy atom. The number of rotatable bonds is 10. The smallest absolute Gasteiger partial charge is 0.308 e. The van der Waals surface area contributed by atoms with E-state index in [2.05, 4.69) is 62.4 Å². The largest absolute Gasteiger partial charge is 0.466 e. The van der Waals surface area contributed by atoms with Gasteiger partial charge in [0.25, 0.3) is 6.71 Å². The lowest BCUT2D eigenvalue weighted by molar-refractivity contribution is -0.143. The fourth-order valence-electron chi connectivity index (χ4n) is 5.34. The number of nitrogens with zero attached hydrogens (tertiary/aromatic N) is 1.